The van der Waals surface area contributed by atoms with Gasteiger partial charge in [0.25, 0.3) is 0 Å². The molecule has 2 atom stereocenters. The van der Waals surface area contributed by atoms with Crippen molar-refractivity contribution in [2.24, 2.45) is 23.7 Å². The molecule has 0 bridgehead atoms. The molecule has 0 saturated heterocycles. The number of rotatable bonds is 8. The van der Waals surface area contributed by atoms with E-state index in [0.717, 1.165) is 24.2 Å². The van der Waals surface area contributed by atoms with E-state index < -0.39 is 0 Å². The molecule has 0 spiro atoms. The molecule has 3 aliphatic rings. The zero-order valence-corrected chi connectivity index (χ0v) is 22.3. The standard InChI is InChI=1S/C20H34.C9H12.C3H8/c1-3-4-8-17(2)11-12-18-13-15-20(16-14-18)19-9-6-5-7-10-19;1-3-9-6-4-8(2)5-7-9;1-3-2/h6,9-10,17-18,20H,3-5,7-8,11-16H2,1-2H3;3-4,6-8H,1,5H2,2H3;3H2,1-2H3. The molecule has 0 amide bonds. The average molecular weight is 439 g/mol. The minimum absolute atomic E-state index is 0.716. The van der Waals surface area contributed by atoms with E-state index in [2.05, 4.69) is 77.7 Å². The third-order valence-electron chi connectivity index (χ3n) is 7.04. The summed E-state index contributed by atoms with van der Waals surface area (Å²) in [6.07, 6.45) is 33.7. The van der Waals surface area contributed by atoms with Crippen LogP contribution in [0, 0.1) is 23.7 Å². The van der Waals surface area contributed by atoms with Gasteiger partial charge in [0.2, 0.25) is 0 Å². The molecule has 2 unspecified atom stereocenters. The molecular weight excluding hydrogens is 384 g/mol. The Bertz CT molecular complexity index is 592. The molecule has 0 aromatic carbocycles. The van der Waals surface area contributed by atoms with Crippen molar-refractivity contribution in [3.8, 4) is 0 Å². The average Bonchev–Trinajstić information content (AvgIpc) is 2.84. The monoisotopic (exact) mass is 438 g/mol. The predicted octanol–water partition coefficient (Wildman–Crippen LogP) is 10.8. The molecule has 1 saturated carbocycles. The first-order chi connectivity index (χ1) is 15.5. The summed E-state index contributed by atoms with van der Waals surface area (Å²) in [4.78, 5) is 0. The number of allylic oxidation sites excluding steroid dienone is 9. The second kappa shape index (κ2) is 18.2. The van der Waals surface area contributed by atoms with Crippen molar-refractivity contribution in [2.75, 3.05) is 0 Å². The zero-order chi connectivity index (χ0) is 23.6. The van der Waals surface area contributed by atoms with E-state index in [9.17, 15) is 0 Å². The lowest BCUT2D eigenvalue weighted by molar-refractivity contribution is 0.270. The van der Waals surface area contributed by atoms with Gasteiger partial charge in [-0.3, -0.25) is 0 Å². The summed E-state index contributed by atoms with van der Waals surface area (Å²) >= 11 is 0. The molecule has 0 aliphatic heterocycles. The Labute approximate surface area is 202 Å². The Balaban J connectivity index is 0.000000354. The molecule has 0 aromatic heterocycles. The van der Waals surface area contributed by atoms with Gasteiger partial charge in [0.1, 0.15) is 0 Å². The molecule has 0 N–H and O–H groups in total. The Morgan fingerprint density at radius 3 is 2.25 bits per heavy atom. The Morgan fingerprint density at radius 1 is 1.00 bits per heavy atom. The van der Waals surface area contributed by atoms with Crippen LogP contribution in [-0.2, 0) is 0 Å². The fourth-order valence-corrected chi connectivity index (χ4v) is 4.83. The van der Waals surface area contributed by atoms with Crippen LogP contribution in [0.1, 0.15) is 118 Å². The van der Waals surface area contributed by atoms with Crippen molar-refractivity contribution < 1.29 is 0 Å². The highest BCUT2D eigenvalue weighted by molar-refractivity contribution is 5.31. The molecule has 0 heterocycles. The van der Waals surface area contributed by atoms with Crippen molar-refractivity contribution in [1.82, 2.24) is 0 Å². The lowest BCUT2D eigenvalue weighted by Crippen LogP contribution is -2.17. The maximum atomic E-state index is 3.69. The number of hydrogen-bond donors (Lipinski definition) is 0. The lowest BCUT2D eigenvalue weighted by Gasteiger charge is -2.30. The Kier molecular flexibility index (Phi) is 16.3. The van der Waals surface area contributed by atoms with Gasteiger partial charge in [-0.1, -0.05) is 122 Å². The highest BCUT2D eigenvalue weighted by atomic mass is 14.3. The molecule has 182 valence electrons. The molecule has 0 heteroatoms. The highest BCUT2D eigenvalue weighted by Crippen LogP contribution is 2.37. The smallest absolute Gasteiger partial charge is 0.0165 e. The van der Waals surface area contributed by atoms with Crippen molar-refractivity contribution in [1.29, 1.82) is 0 Å². The van der Waals surface area contributed by atoms with E-state index in [0.29, 0.717) is 5.92 Å². The van der Waals surface area contributed by atoms with Crippen LogP contribution in [0.15, 0.2) is 60.3 Å². The third-order valence-corrected chi connectivity index (χ3v) is 7.04. The van der Waals surface area contributed by atoms with Crippen molar-refractivity contribution in [3.05, 3.63) is 60.3 Å². The van der Waals surface area contributed by atoms with Crippen LogP contribution in [0.2, 0.25) is 0 Å². The third kappa shape index (κ3) is 12.7. The summed E-state index contributed by atoms with van der Waals surface area (Å²) in [6.45, 7) is 14.9. The first-order valence-corrected chi connectivity index (χ1v) is 13.9. The molecule has 1 fully saturated rings. The molecule has 3 rings (SSSR count). The molecule has 32 heavy (non-hydrogen) atoms. The molecule has 0 nitrogen and oxygen atoms in total. The van der Waals surface area contributed by atoms with Gasteiger partial charge in [0.15, 0.2) is 0 Å². The van der Waals surface area contributed by atoms with Crippen LogP contribution in [0.3, 0.4) is 0 Å². The van der Waals surface area contributed by atoms with Crippen molar-refractivity contribution >= 4 is 0 Å². The van der Waals surface area contributed by atoms with Crippen LogP contribution < -0.4 is 0 Å². The minimum Gasteiger partial charge on any atom is -0.0985 e. The van der Waals surface area contributed by atoms with Gasteiger partial charge < -0.3 is 0 Å². The largest absolute Gasteiger partial charge is 0.0985 e. The summed E-state index contributed by atoms with van der Waals surface area (Å²) in [5.41, 5.74) is 2.92. The van der Waals surface area contributed by atoms with Crippen LogP contribution >= 0.6 is 0 Å². The number of unbranched alkanes of at least 4 members (excludes halogenated alkanes) is 1. The SMILES string of the molecule is C=CC1=CCC(C)C=C1.CCC.CCCCC(C)CCC1CCC(C2=CCCC=C2)CC1. The van der Waals surface area contributed by atoms with Crippen LogP contribution in [0.5, 0.6) is 0 Å². The van der Waals surface area contributed by atoms with E-state index in [1.807, 2.05) is 6.08 Å². The maximum absolute atomic E-state index is 3.69. The molecular formula is C32H54. The summed E-state index contributed by atoms with van der Waals surface area (Å²) in [5, 5.41) is 0. The molecule has 3 aliphatic carbocycles. The summed E-state index contributed by atoms with van der Waals surface area (Å²) in [6, 6.07) is 0. The molecule has 0 radical (unpaired) electrons. The Morgan fingerprint density at radius 2 is 1.72 bits per heavy atom. The van der Waals surface area contributed by atoms with E-state index >= 15 is 0 Å². The quantitative estimate of drug-likeness (QED) is 0.353. The van der Waals surface area contributed by atoms with E-state index in [-0.39, 0.29) is 0 Å². The van der Waals surface area contributed by atoms with Crippen molar-refractivity contribution in [2.45, 2.75) is 118 Å². The number of hydrogen-bond acceptors (Lipinski definition) is 0. The summed E-state index contributed by atoms with van der Waals surface area (Å²) in [5.74, 6) is 3.59. The first kappa shape index (κ1) is 28.7. The first-order valence-electron chi connectivity index (χ1n) is 13.9. The maximum Gasteiger partial charge on any atom is -0.0165 e. The van der Waals surface area contributed by atoms with Crippen molar-refractivity contribution in [3.63, 3.8) is 0 Å². The lowest BCUT2D eigenvalue weighted by atomic mass is 9.75. The second-order valence-corrected chi connectivity index (χ2v) is 10.4. The minimum atomic E-state index is 0.716. The highest BCUT2D eigenvalue weighted by Gasteiger charge is 2.23. The van der Waals surface area contributed by atoms with Gasteiger partial charge >= 0.3 is 0 Å². The second-order valence-electron chi connectivity index (χ2n) is 10.4. The topological polar surface area (TPSA) is 0 Å². The van der Waals surface area contributed by atoms with Crippen LogP contribution in [0.4, 0.5) is 0 Å². The van der Waals surface area contributed by atoms with E-state index in [4.69, 9.17) is 0 Å². The van der Waals surface area contributed by atoms with Gasteiger partial charge in [-0.25, -0.2) is 0 Å². The van der Waals surface area contributed by atoms with Crippen LogP contribution in [0.25, 0.3) is 0 Å². The predicted molar refractivity (Wildman–Crippen MR) is 147 cm³/mol. The van der Waals surface area contributed by atoms with Gasteiger partial charge in [-0.15, -0.1) is 0 Å². The zero-order valence-electron chi connectivity index (χ0n) is 22.3. The normalized spacial score (nSPS) is 25.3. The summed E-state index contributed by atoms with van der Waals surface area (Å²) in [7, 11) is 0. The fourth-order valence-electron chi connectivity index (χ4n) is 4.83. The van der Waals surface area contributed by atoms with E-state index in [1.54, 1.807) is 5.57 Å². The fraction of sp³-hybridized carbons (Fsp3) is 0.688. The van der Waals surface area contributed by atoms with Gasteiger partial charge in [-0.2, -0.15) is 0 Å². The molecule has 0 aromatic rings. The Hall–Kier alpha value is -1.30. The van der Waals surface area contributed by atoms with Crippen LogP contribution in [-0.4, -0.2) is 0 Å². The van der Waals surface area contributed by atoms with Gasteiger partial charge in [0.05, 0.1) is 0 Å². The van der Waals surface area contributed by atoms with Gasteiger partial charge in [0, 0.05) is 0 Å². The van der Waals surface area contributed by atoms with E-state index in [1.165, 1.54) is 82.6 Å². The summed E-state index contributed by atoms with van der Waals surface area (Å²) < 4.78 is 0. The van der Waals surface area contributed by atoms with Gasteiger partial charge in [-0.05, 0) is 79.8 Å².